The van der Waals surface area contributed by atoms with E-state index in [-0.39, 0.29) is 16.0 Å². The Hall–Kier alpha value is -1.45. The highest BCUT2D eigenvalue weighted by molar-refractivity contribution is 7.89. The van der Waals surface area contributed by atoms with Gasteiger partial charge in [0.1, 0.15) is 16.7 Å². The van der Waals surface area contributed by atoms with Crippen molar-refractivity contribution in [3.8, 4) is 6.07 Å². The Morgan fingerprint density at radius 2 is 2.10 bits per heavy atom. The molecule has 1 aliphatic rings. The summed E-state index contributed by atoms with van der Waals surface area (Å²) in [6, 6.07) is 4.77. The molecule has 1 saturated heterocycles. The first-order valence-electron chi connectivity index (χ1n) is 6.61. The predicted molar refractivity (Wildman–Crippen MR) is 75.3 cm³/mol. The molecular weight excluding hydrogens is 274 g/mol. The lowest BCUT2D eigenvalue weighted by atomic mass is 9.80. The smallest absolute Gasteiger partial charge is 0.244 e. The maximum absolute atomic E-state index is 12.5. The summed E-state index contributed by atoms with van der Waals surface area (Å²) in [5.41, 5.74) is 0.325. The topological polar surface area (TPSA) is 74.1 Å². The summed E-state index contributed by atoms with van der Waals surface area (Å²) in [4.78, 5) is 3.99. The van der Waals surface area contributed by atoms with Crippen LogP contribution in [0.2, 0.25) is 0 Å². The summed E-state index contributed by atoms with van der Waals surface area (Å²) in [5.74, 6) is 0.364. The molecule has 1 aromatic heterocycles. The first-order chi connectivity index (χ1) is 9.25. The number of pyridine rings is 1. The Morgan fingerprint density at radius 3 is 2.55 bits per heavy atom. The van der Waals surface area contributed by atoms with E-state index in [9.17, 15) is 8.42 Å². The monoisotopic (exact) mass is 293 g/mol. The summed E-state index contributed by atoms with van der Waals surface area (Å²) in [6.07, 6.45) is 2.14. The van der Waals surface area contributed by atoms with Gasteiger partial charge in [-0.2, -0.15) is 9.57 Å². The second kappa shape index (κ2) is 5.15. The zero-order chi connectivity index (χ0) is 15.0. The fraction of sp³-hybridized carbons (Fsp3) is 0.571. The second-order valence-corrected chi connectivity index (χ2v) is 8.14. The summed E-state index contributed by atoms with van der Waals surface area (Å²) < 4.78 is 26.5. The van der Waals surface area contributed by atoms with Gasteiger partial charge in [0.2, 0.25) is 10.0 Å². The zero-order valence-corrected chi connectivity index (χ0v) is 12.8. The molecule has 0 saturated carbocycles. The van der Waals surface area contributed by atoms with E-state index >= 15 is 0 Å². The van der Waals surface area contributed by atoms with Crippen molar-refractivity contribution in [1.82, 2.24) is 9.29 Å². The third-order valence-corrected chi connectivity index (χ3v) is 5.71. The Balaban J connectivity index is 2.22. The molecule has 1 aliphatic heterocycles. The van der Waals surface area contributed by atoms with Crippen LogP contribution in [0.5, 0.6) is 0 Å². The van der Waals surface area contributed by atoms with Gasteiger partial charge in [0, 0.05) is 19.3 Å². The van der Waals surface area contributed by atoms with Crippen molar-refractivity contribution in [3.63, 3.8) is 0 Å². The van der Waals surface area contributed by atoms with E-state index in [1.165, 1.54) is 22.6 Å². The molecule has 0 spiro atoms. The molecule has 0 amide bonds. The first-order valence-corrected chi connectivity index (χ1v) is 8.05. The molecule has 0 aliphatic carbocycles. The molecule has 20 heavy (non-hydrogen) atoms. The van der Waals surface area contributed by atoms with Gasteiger partial charge in [0.15, 0.2) is 0 Å². The summed E-state index contributed by atoms with van der Waals surface area (Å²) in [5, 5.41) is 8.69. The van der Waals surface area contributed by atoms with Crippen molar-refractivity contribution < 1.29 is 8.42 Å². The highest BCUT2D eigenvalue weighted by Gasteiger charge is 2.37. The maximum Gasteiger partial charge on any atom is 0.244 e. The van der Waals surface area contributed by atoms with Gasteiger partial charge in [0.05, 0.1) is 0 Å². The van der Waals surface area contributed by atoms with Gasteiger partial charge < -0.3 is 0 Å². The van der Waals surface area contributed by atoms with Crippen LogP contribution in [0.3, 0.4) is 0 Å². The average molecular weight is 293 g/mol. The number of hydrogen-bond acceptors (Lipinski definition) is 4. The van der Waals surface area contributed by atoms with Gasteiger partial charge in [-0.1, -0.05) is 20.8 Å². The number of nitriles is 1. The molecule has 0 aromatic carbocycles. The molecule has 5 nitrogen and oxygen atoms in total. The molecule has 108 valence electrons. The predicted octanol–water partition coefficient (Wildman–Crippen LogP) is 2.01. The highest BCUT2D eigenvalue weighted by Crippen LogP contribution is 2.35. The number of sulfonamides is 1. The third-order valence-electron chi connectivity index (χ3n) is 3.86. The van der Waals surface area contributed by atoms with Crippen molar-refractivity contribution >= 4 is 10.0 Å². The van der Waals surface area contributed by atoms with Crippen LogP contribution in [0.1, 0.15) is 32.9 Å². The summed E-state index contributed by atoms with van der Waals surface area (Å²) in [7, 11) is -3.50. The average Bonchev–Trinajstić information content (AvgIpc) is 2.89. The van der Waals surface area contributed by atoms with Gasteiger partial charge in [-0.05, 0) is 29.9 Å². The van der Waals surface area contributed by atoms with Crippen LogP contribution in [-0.2, 0) is 10.0 Å². The molecule has 1 unspecified atom stereocenters. The van der Waals surface area contributed by atoms with Crippen LogP contribution in [0.25, 0.3) is 0 Å². The molecule has 0 N–H and O–H groups in total. The Morgan fingerprint density at radius 1 is 1.40 bits per heavy atom. The zero-order valence-electron chi connectivity index (χ0n) is 12.0. The molecule has 0 radical (unpaired) electrons. The van der Waals surface area contributed by atoms with Crippen molar-refractivity contribution in [2.45, 2.75) is 32.1 Å². The van der Waals surface area contributed by atoms with Crippen LogP contribution in [0.15, 0.2) is 23.2 Å². The van der Waals surface area contributed by atoms with E-state index in [2.05, 4.69) is 25.8 Å². The Kier molecular flexibility index (Phi) is 3.85. The lowest BCUT2D eigenvalue weighted by Crippen LogP contribution is -2.31. The van der Waals surface area contributed by atoms with Crippen molar-refractivity contribution in [1.29, 1.82) is 5.26 Å². The highest BCUT2D eigenvalue weighted by atomic mass is 32.2. The van der Waals surface area contributed by atoms with Crippen LogP contribution in [0.4, 0.5) is 0 Å². The Labute approximate surface area is 120 Å². The normalized spacial score (nSPS) is 20.8. The fourth-order valence-electron chi connectivity index (χ4n) is 2.40. The number of aromatic nitrogens is 1. The maximum atomic E-state index is 12.5. The minimum absolute atomic E-state index is 0.104. The van der Waals surface area contributed by atoms with E-state index in [1.54, 1.807) is 0 Å². The van der Waals surface area contributed by atoms with E-state index in [0.29, 0.717) is 19.0 Å². The van der Waals surface area contributed by atoms with Gasteiger partial charge >= 0.3 is 0 Å². The van der Waals surface area contributed by atoms with Crippen LogP contribution >= 0.6 is 0 Å². The molecular formula is C14H19N3O2S. The SMILES string of the molecule is CC(C)(C)C1CCN(S(=O)(=O)c2ccc(C#N)nc2)C1. The number of hydrogen-bond donors (Lipinski definition) is 0. The van der Waals surface area contributed by atoms with Crippen molar-refractivity contribution in [3.05, 3.63) is 24.0 Å². The number of nitrogens with zero attached hydrogens (tertiary/aromatic N) is 3. The summed E-state index contributed by atoms with van der Waals surface area (Å²) >= 11 is 0. The molecule has 1 atom stereocenters. The molecule has 2 heterocycles. The molecule has 1 aromatic rings. The fourth-order valence-corrected chi connectivity index (χ4v) is 3.85. The lowest BCUT2D eigenvalue weighted by Gasteiger charge is -2.26. The van der Waals surface area contributed by atoms with E-state index in [1.807, 2.05) is 6.07 Å². The van der Waals surface area contributed by atoms with E-state index in [4.69, 9.17) is 5.26 Å². The van der Waals surface area contributed by atoms with Crippen LogP contribution in [0, 0.1) is 22.7 Å². The van der Waals surface area contributed by atoms with E-state index < -0.39 is 10.0 Å². The van der Waals surface area contributed by atoms with Crippen molar-refractivity contribution in [2.75, 3.05) is 13.1 Å². The van der Waals surface area contributed by atoms with Gasteiger partial charge in [-0.15, -0.1) is 0 Å². The minimum Gasteiger partial charge on any atom is -0.244 e. The van der Waals surface area contributed by atoms with Gasteiger partial charge in [-0.3, -0.25) is 0 Å². The summed E-state index contributed by atoms with van der Waals surface area (Å²) in [6.45, 7) is 7.50. The molecule has 1 fully saturated rings. The Bertz CT molecular complexity index is 624. The van der Waals surface area contributed by atoms with Crippen molar-refractivity contribution in [2.24, 2.45) is 11.3 Å². The standard InChI is InChI=1S/C14H19N3O2S/c1-14(2,3)11-6-7-17(10-11)20(18,19)13-5-4-12(8-15)16-9-13/h4-5,9,11H,6-7,10H2,1-3H3. The first kappa shape index (κ1) is 14.9. The molecule has 0 bridgehead atoms. The quantitative estimate of drug-likeness (QED) is 0.836. The van der Waals surface area contributed by atoms with E-state index in [0.717, 1.165) is 6.42 Å². The van der Waals surface area contributed by atoms with Crippen LogP contribution in [-0.4, -0.2) is 30.8 Å². The van der Waals surface area contributed by atoms with Gasteiger partial charge in [-0.25, -0.2) is 13.4 Å². The lowest BCUT2D eigenvalue weighted by molar-refractivity contribution is 0.252. The largest absolute Gasteiger partial charge is 0.244 e. The minimum atomic E-state index is -3.50. The third kappa shape index (κ3) is 2.84. The van der Waals surface area contributed by atoms with Crippen LogP contribution < -0.4 is 0 Å². The number of rotatable bonds is 2. The molecule has 2 rings (SSSR count). The van der Waals surface area contributed by atoms with Gasteiger partial charge in [0.25, 0.3) is 0 Å². The second-order valence-electron chi connectivity index (χ2n) is 6.21. The molecule has 6 heteroatoms.